The molecule has 2 aromatic rings. The van der Waals surface area contributed by atoms with Gasteiger partial charge in [0.05, 0.1) is 22.7 Å². The van der Waals surface area contributed by atoms with E-state index in [0.29, 0.717) is 6.54 Å². The molecule has 2 aromatic heterocycles. The maximum absolute atomic E-state index is 12.3. The summed E-state index contributed by atoms with van der Waals surface area (Å²) in [5, 5.41) is 7.38. The van der Waals surface area contributed by atoms with Gasteiger partial charge in [-0.2, -0.15) is 0 Å². The smallest absolute Gasteiger partial charge is 0.243 e. The van der Waals surface area contributed by atoms with Gasteiger partial charge in [0, 0.05) is 36.5 Å². The molecule has 1 aliphatic heterocycles. The summed E-state index contributed by atoms with van der Waals surface area (Å²) >= 11 is 1.80. The van der Waals surface area contributed by atoms with Gasteiger partial charge in [-0.15, -0.1) is 11.3 Å². The van der Waals surface area contributed by atoms with E-state index in [0.717, 1.165) is 42.2 Å². The molecule has 22 heavy (non-hydrogen) atoms. The van der Waals surface area contributed by atoms with Crippen molar-refractivity contribution in [2.24, 2.45) is 0 Å². The second-order valence-corrected chi connectivity index (χ2v) is 6.94. The topological polar surface area (TPSA) is 82.7 Å². The summed E-state index contributed by atoms with van der Waals surface area (Å²) in [5.74, 6) is -0.00264. The number of hydrogen-bond acceptors (Lipinski definition) is 5. The van der Waals surface area contributed by atoms with Crippen LogP contribution in [0.25, 0.3) is 0 Å². The van der Waals surface area contributed by atoms with Crippen LogP contribution >= 0.6 is 11.3 Å². The number of aromatic amines is 1. The molecule has 3 N–H and O–H groups in total. The van der Waals surface area contributed by atoms with Gasteiger partial charge in [-0.1, -0.05) is 0 Å². The molecule has 116 valence electrons. The summed E-state index contributed by atoms with van der Waals surface area (Å²) in [6.45, 7) is 1.43. The van der Waals surface area contributed by atoms with Gasteiger partial charge in [0.1, 0.15) is 6.04 Å². The molecule has 0 saturated heterocycles. The minimum absolute atomic E-state index is 0.00264. The number of nitrogens with zero attached hydrogens (tertiary/aromatic N) is 2. The minimum atomic E-state index is -0.337. The van der Waals surface area contributed by atoms with Crippen molar-refractivity contribution in [3.63, 3.8) is 0 Å². The molecule has 7 heteroatoms. The molecule has 4 rings (SSSR count). The van der Waals surface area contributed by atoms with Gasteiger partial charge in [-0.25, -0.2) is 9.97 Å². The fraction of sp³-hybridized carbons (Fsp3) is 0.533. The highest BCUT2D eigenvalue weighted by Crippen LogP contribution is 2.27. The Hall–Kier alpha value is -1.73. The van der Waals surface area contributed by atoms with E-state index >= 15 is 0 Å². The number of imidazole rings is 1. The Balaban J connectivity index is 1.33. The molecule has 0 aromatic carbocycles. The number of carbonyl (C=O) groups is 1. The number of carbonyl (C=O) groups excluding carboxylic acids is 1. The Bertz CT molecular complexity index is 670. The average molecular weight is 317 g/mol. The van der Waals surface area contributed by atoms with Crippen molar-refractivity contribution >= 4 is 17.2 Å². The molecule has 1 atom stereocenters. The molecule has 6 nitrogen and oxygen atoms in total. The van der Waals surface area contributed by atoms with Gasteiger partial charge < -0.3 is 15.6 Å². The van der Waals surface area contributed by atoms with Crippen molar-refractivity contribution in [1.29, 1.82) is 0 Å². The van der Waals surface area contributed by atoms with E-state index in [2.05, 4.69) is 25.6 Å². The molecule has 0 fully saturated rings. The molecule has 0 unspecified atom stereocenters. The molecule has 0 bridgehead atoms. The first-order valence-electron chi connectivity index (χ1n) is 7.82. The third-order valence-electron chi connectivity index (χ3n) is 4.29. The Morgan fingerprint density at radius 3 is 3.27 bits per heavy atom. The molecule has 1 aliphatic carbocycles. The lowest BCUT2D eigenvalue weighted by Crippen LogP contribution is -2.42. The second-order valence-electron chi connectivity index (χ2n) is 5.78. The van der Waals surface area contributed by atoms with E-state index in [4.69, 9.17) is 0 Å². The predicted molar refractivity (Wildman–Crippen MR) is 83.9 cm³/mol. The first-order chi connectivity index (χ1) is 10.8. The second kappa shape index (κ2) is 5.81. The highest BCUT2D eigenvalue weighted by molar-refractivity contribution is 7.11. The van der Waals surface area contributed by atoms with Crippen LogP contribution in [-0.2, 0) is 30.5 Å². The Morgan fingerprint density at radius 1 is 1.41 bits per heavy atom. The highest BCUT2D eigenvalue weighted by Gasteiger charge is 2.28. The normalized spacial score (nSPS) is 19.7. The Labute approximate surface area is 132 Å². The maximum Gasteiger partial charge on any atom is 0.243 e. The van der Waals surface area contributed by atoms with Gasteiger partial charge in [0.2, 0.25) is 5.91 Å². The largest absolute Gasteiger partial charge is 0.354 e. The molecule has 1 amide bonds. The van der Waals surface area contributed by atoms with Gasteiger partial charge in [-0.05, 0) is 19.3 Å². The number of H-pyrrole nitrogens is 1. The molecule has 3 heterocycles. The Morgan fingerprint density at radius 2 is 2.36 bits per heavy atom. The summed E-state index contributed by atoms with van der Waals surface area (Å²) in [5.41, 5.74) is 3.17. The predicted octanol–water partition coefficient (Wildman–Crippen LogP) is 0.901. The lowest BCUT2D eigenvalue weighted by atomic mass is 10.1. The van der Waals surface area contributed by atoms with Crippen LogP contribution < -0.4 is 10.6 Å². The zero-order valence-corrected chi connectivity index (χ0v) is 13.1. The van der Waals surface area contributed by atoms with Crippen LogP contribution in [0.1, 0.15) is 39.4 Å². The van der Waals surface area contributed by atoms with E-state index in [1.807, 2.05) is 0 Å². The van der Waals surface area contributed by atoms with E-state index in [1.165, 1.54) is 23.4 Å². The number of hydrogen-bond donors (Lipinski definition) is 3. The fourth-order valence-electron chi connectivity index (χ4n) is 3.18. The quantitative estimate of drug-likeness (QED) is 0.782. The first kappa shape index (κ1) is 13.9. The lowest BCUT2D eigenvalue weighted by Gasteiger charge is -2.22. The van der Waals surface area contributed by atoms with Crippen molar-refractivity contribution < 1.29 is 4.79 Å². The fourth-order valence-corrected chi connectivity index (χ4v) is 4.34. The van der Waals surface area contributed by atoms with Crippen LogP contribution in [0.5, 0.6) is 0 Å². The van der Waals surface area contributed by atoms with Crippen molar-refractivity contribution in [3.8, 4) is 0 Å². The summed E-state index contributed by atoms with van der Waals surface area (Å²) in [6, 6.07) is -0.337. The van der Waals surface area contributed by atoms with Gasteiger partial charge in [0.25, 0.3) is 0 Å². The lowest BCUT2D eigenvalue weighted by molar-refractivity contribution is -0.123. The van der Waals surface area contributed by atoms with Crippen molar-refractivity contribution in [2.75, 3.05) is 13.1 Å². The zero-order valence-electron chi connectivity index (χ0n) is 12.3. The summed E-state index contributed by atoms with van der Waals surface area (Å²) in [4.78, 5) is 25.8. The maximum atomic E-state index is 12.3. The van der Waals surface area contributed by atoms with Crippen LogP contribution in [0.4, 0.5) is 0 Å². The van der Waals surface area contributed by atoms with Crippen molar-refractivity contribution in [1.82, 2.24) is 25.6 Å². The van der Waals surface area contributed by atoms with Crippen LogP contribution in [0.15, 0.2) is 6.33 Å². The van der Waals surface area contributed by atoms with Crippen LogP contribution in [-0.4, -0.2) is 33.9 Å². The third kappa shape index (κ3) is 2.55. The number of amides is 1. The number of thiazole rings is 1. The van der Waals surface area contributed by atoms with Gasteiger partial charge >= 0.3 is 0 Å². The minimum Gasteiger partial charge on any atom is -0.354 e. The van der Waals surface area contributed by atoms with Crippen LogP contribution in [0.3, 0.4) is 0 Å². The Kier molecular flexibility index (Phi) is 3.67. The van der Waals surface area contributed by atoms with Crippen molar-refractivity contribution in [3.05, 3.63) is 33.3 Å². The average Bonchev–Trinajstić information content (AvgIpc) is 3.21. The molecule has 0 radical (unpaired) electrons. The number of rotatable bonds is 4. The molecule has 0 spiro atoms. The molecular formula is C15H19N5OS. The van der Waals surface area contributed by atoms with Gasteiger partial charge in [0.15, 0.2) is 0 Å². The summed E-state index contributed by atoms with van der Waals surface area (Å²) in [7, 11) is 0. The van der Waals surface area contributed by atoms with Gasteiger partial charge in [-0.3, -0.25) is 4.79 Å². The highest BCUT2D eigenvalue weighted by atomic mass is 32.1. The summed E-state index contributed by atoms with van der Waals surface area (Å²) < 4.78 is 0. The van der Waals surface area contributed by atoms with Crippen LogP contribution in [0.2, 0.25) is 0 Å². The monoisotopic (exact) mass is 317 g/mol. The SMILES string of the molecule is O=C(NCCc1nc2c(s1)CCC2)[C@H]1NCCc2[nH]cnc21. The van der Waals surface area contributed by atoms with E-state index in [1.54, 1.807) is 17.7 Å². The third-order valence-corrected chi connectivity index (χ3v) is 5.51. The first-order valence-corrected chi connectivity index (χ1v) is 8.63. The molecule has 2 aliphatic rings. The summed E-state index contributed by atoms with van der Waals surface area (Å²) in [6.07, 6.45) is 6.90. The van der Waals surface area contributed by atoms with Crippen LogP contribution in [0, 0.1) is 0 Å². The van der Waals surface area contributed by atoms with E-state index in [-0.39, 0.29) is 11.9 Å². The number of aryl methyl sites for hydroxylation is 2. The zero-order chi connectivity index (χ0) is 14.9. The molecule has 0 saturated carbocycles. The van der Waals surface area contributed by atoms with E-state index in [9.17, 15) is 4.79 Å². The standard InChI is InChI=1S/C15H19N5OS/c21-15(14-13-10(4-6-16-14)18-8-19-13)17-7-5-12-20-9-2-1-3-11(9)22-12/h8,14,16H,1-7H2,(H,17,21)(H,18,19)/t14-/m0/s1. The van der Waals surface area contributed by atoms with E-state index < -0.39 is 0 Å². The number of fused-ring (bicyclic) bond motifs is 2. The van der Waals surface area contributed by atoms with Crippen molar-refractivity contribution in [2.45, 2.75) is 38.1 Å². The molecular weight excluding hydrogens is 298 g/mol. The number of aromatic nitrogens is 3. The number of nitrogens with one attached hydrogen (secondary N) is 3.